The van der Waals surface area contributed by atoms with Crippen LogP contribution in [0.4, 0.5) is 0 Å². The Balaban J connectivity index is 2.37. The van der Waals surface area contributed by atoms with E-state index in [1.807, 2.05) is 0 Å². The van der Waals surface area contributed by atoms with E-state index in [2.05, 4.69) is 15.9 Å². The lowest BCUT2D eigenvalue weighted by atomic mass is 10.00. The van der Waals surface area contributed by atoms with Crippen LogP contribution in [0.2, 0.25) is 0 Å². The Bertz CT molecular complexity index is 207. The maximum atomic E-state index is 10.5. The van der Waals surface area contributed by atoms with Gasteiger partial charge in [0.25, 0.3) is 0 Å². The number of fused-ring (bicyclic) bond motifs is 2. The van der Waals surface area contributed by atoms with E-state index in [1.54, 1.807) is 0 Å². The summed E-state index contributed by atoms with van der Waals surface area (Å²) in [7, 11) is 0. The van der Waals surface area contributed by atoms with E-state index in [1.165, 1.54) is 23.7 Å². The molecule has 0 saturated heterocycles. The molecule has 2 atom stereocenters. The zero-order valence-corrected chi connectivity index (χ0v) is 7.23. The highest BCUT2D eigenvalue weighted by molar-refractivity contribution is 9.11. The number of aldehydes is 1. The zero-order chi connectivity index (χ0) is 7.14. The summed E-state index contributed by atoms with van der Waals surface area (Å²) in [6, 6.07) is 0. The van der Waals surface area contributed by atoms with Gasteiger partial charge in [-0.2, -0.15) is 0 Å². The lowest BCUT2D eigenvalue weighted by Gasteiger charge is -2.09. The highest BCUT2D eigenvalue weighted by Gasteiger charge is 2.37. The molecule has 0 aromatic carbocycles. The fourth-order valence-electron chi connectivity index (χ4n) is 2.08. The fraction of sp³-hybridized carbons (Fsp3) is 0.625. The summed E-state index contributed by atoms with van der Waals surface area (Å²) in [4.78, 5) is 10.5. The van der Waals surface area contributed by atoms with Gasteiger partial charge >= 0.3 is 0 Å². The van der Waals surface area contributed by atoms with Crippen LogP contribution in [0.3, 0.4) is 0 Å². The second-order valence-corrected chi connectivity index (χ2v) is 3.98. The van der Waals surface area contributed by atoms with E-state index in [9.17, 15) is 4.79 Å². The number of hydrogen-bond donors (Lipinski definition) is 0. The maximum Gasteiger partial charge on any atom is 0.147 e. The molecule has 2 rings (SSSR count). The fourth-order valence-corrected chi connectivity index (χ4v) is 2.91. The predicted octanol–water partition coefficient (Wildman–Crippen LogP) is 2.26. The van der Waals surface area contributed by atoms with Crippen LogP contribution in [0.1, 0.15) is 19.3 Å². The van der Waals surface area contributed by atoms with Gasteiger partial charge in [0.05, 0.1) is 0 Å². The summed E-state index contributed by atoms with van der Waals surface area (Å²) in [6.07, 6.45) is 4.75. The van der Waals surface area contributed by atoms with Gasteiger partial charge in [-0.05, 0) is 31.1 Å². The molecular formula is C8H9BrO. The molecule has 2 aliphatic rings. The first-order valence-electron chi connectivity index (χ1n) is 3.67. The first kappa shape index (κ1) is 6.59. The highest BCUT2D eigenvalue weighted by Crippen LogP contribution is 2.49. The van der Waals surface area contributed by atoms with Crippen molar-refractivity contribution in [1.29, 1.82) is 0 Å². The molecule has 0 spiro atoms. The van der Waals surface area contributed by atoms with Crippen molar-refractivity contribution in [3.63, 3.8) is 0 Å². The Morgan fingerprint density at radius 2 is 2.10 bits per heavy atom. The number of rotatable bonds is 1. The van der Waals surface area contributed by atoms with Gasteiger partial charge in [-0.25, -0.2) is 0 Å². The normalized spacial score (nSPS) is 37.3. The summed E-state index contributed by atoms with van der Waals surface area (Å²) in [5.41, 5.74) is 1.04. The van der Waals surface area contributed by atoms with Crippen LogP contribution in [-0.4, -0.2) is 6.29 Å². The molecule has 1 nitrogen and oxygen atoms in total. The molecule has 0 amide bonds. The number of carbonyl (C=O) groups is 1. The third kappa shape index (κ3) is 0.715. The van der Waals surface area contributed by atoms with Crippen molar-refractivity contribution in [3.05, 3.63) is 10.1 Å². The predicted molar refractivity (Wildman–Crippen MR) is 42.8 cm³/mol. The summed E-state index contributed by atoms with van der Waals surface area (Å²) in [5.74, 6) is 1.28. The molecule has 1 saturated carbocycles. The summed E-state index contributed by atoms with van der Waals surface area (Å²) < 4.78 is 1.19. The van der Waals surface area contributed by atoms with Crippen molar-refractivity contribution in [2.45, 2.75) is 19.3 Å². The minimum Gasteiger partial charge on any atom is -0.298 e. The molecule has 0 N–H and O–H groups in total. The second-order valence-electron chi connectivity index (χ2n) is 3.13. The first-order chi connectivity index (χ1) is 4.83. The lowest BCUT2D eigenvalue weighted by Crippen LogP contribution is -1.99. The molecule has 54 valence electrons. The van der Waals surface area contributed by atoms with Crippen LogP contribution in [-0.2, 0) is 4.79 Å². The molecule has 1 fully saturated rings. The SMILES string of the molecule is O=CC1=C(Br)[C@H]2CC[C@H]1C2. The number of allylic oxidation sites excluding steroid dienone is 2. The van der Waals surface area contributed by atoms with E-state index in [0.29, 0.717) is 11.8 Å². The molecule has 0 radical (unpaired) electrons. The molecule has 0 heterocycles. The third-order valence-corrected chi connectivity index (χ3v) is 3.74. The largest absolute Gasteiger partial charge is 0.298 e. The standard InChI is InChI=1S/C8H9BrO/c9-8-6-2-1-5(3-6)7(8)4-10/h4-6H,1-3H2/t5-,6-/m0/s1. The molecule has 2 aliphatic carbocycles. The highest BCUT2D eigenvalue weighted by atomic mass is 79.9. The van der Waals surface area contributed by atoms with Gasteiger partial charge in [0.15, 0.2) is 0 Å². The maximum absolute atomic E-state index is 10.5. The second kappa shape index (κ2) is 2.19. The molecule has 10 heavy (non-hydrogen) atoms. The summed E-state index contributed by atoms with van der Waals surface area (Å²) in [5, 5.41) is 0. The van der Waals surface area contributed by atoms with Crippen LogP contribution < -0.4 is 0 Å². The Kier molecular flexibility index (Phi) is 1.44. The van der Waals surface area contributed by atoms with Crippen molar-refractivity contribution in [1.82, 2.24) is 0 Å². The topological polar surface area (TPSA) is 17.1 Å². The minimum atomic E-state index is 0.594. The van der Waals surface area contributed by atoms with E-state index >= 15 is 0 Å². The summed E-state index contributed by atoms with van der Waals surface area (Å²) in [6.45, 7) is 0. The van der Waals surface area contributed by atoms with Crippen molar-refractivity contribution < 1.29 is 4.79 Å². The molecule has 0 unspecified atom stereocenters. The van der Waals surface area contributed by atoms with E-state index in [-0.39, 0.29) is 0 Å². The van der Waals surface area contributed by atoms with E-state index < -0.39 is 0 Å². The molecule has 2 heteroatoms. The van der Waals surface area contributed by atoms with Crippen molar-refractivity contribution in [3.8, 4) is 0 Å². The van der Waals surface area contributed by atoms with Gasteiger partial charge in [-0.3, -0.25) is 4.79 Å². The van der Waals surface area contributed by atoms with Crippen LogP contribution in [0.25, 0.3) is 0 Å². The lowest BCUT2D eigenvalue weighted by molar-refractivity contribution is -0.105. The molecule has 2 bridgehead atoms. The third-order valence-electron chi connectivity index (χ3n) is 2.63. The van der Waals surface area contributed by atoms with Crippen molar-refractivity contribution in [2.24, 2.45) is 11.8 Å². The first-order valence-corrected chi connectivity index (χ1v) is 4.47. The quantitative estimate of drug-likeness (QED) is 0.594. The Morgan fingerprint density at radius 3 is 2.50 bits per heavy atom. The van der Waals surface area contributed by atoms with Gasteiger partial charge in [-0.15, -0.1) is 0 Å². The minimum absolute atomic E-state index is 0.594. The zero-order valence-electron chi connectivity index (χ0n) is 5.64. The van der Waals surface area contributed by atoms with E-state index in [4.69, 9.17) is 0 Å². The molecule has 0 aromatic rings. The average Bonchev–Trinajstić information content (AvgIpc) is 2.46. The van der Waals surface area contributed by atoms with Crippen LogP contribution >= 0.6 is 15.9 Å². The Morgan fingerprint density at radius 1 is 1.40 bits per heavy atom. The average molecular weight is 201 g/mol. The molecular weight excluding hydrogens is 192 g/mol. The van der Waals surface area contributed by atoms with E-state index in [0.717, 1.165) is 11.9 Å². The van der Waals surface area contributed by atoms with Crippen molar-refractivity contribution >= 4 is 22.2 Å². The van der Waals surface area contributed by atoms with Crippen molar-refractivity contribution in [2.75, 3.05) is 0 Å². The van der Waals surface area contributed by atoms with Gasteiger partial charge < -0.3 is 0 Å². The van der Waals surface area contributed by atoms with Crippen LogP contribution in [0, 0.1) is 11.8 Å². The van der Waals surface area contributed by atoms with Gasteiger partial charge in [0.1, 0.15) is 6.29 Å². The summed E-state index contributed by atoms with van der Waals surface area (Å²) >= 11 is 3.47. The van der Waals surface area contributed by atoms with Gasteiger partial charge in [0, 0.05) is 10.1 Å². The monoisotopic (exact) mass is 200 g/mol. The Labute approximate surface area is 68.6 Å². The number of halogens is 1. The Hall–Kier alpha value is -0.110. The van der Waals surface area contributed by atoms with Crippen LogP contribution in [0.15, 0.2) is 10.1 Å². The molecule has 0 aromatic heterocycles. The number of hydrogen-bond acceptors (Lipinski definition) is 1. The van der Waals surface area contributed by atoms with Crippen LogP contribution in [0.5, 0.6) is 0 Å². The smallest absolute Gasteiger partial charge is 0.147 e. The van der Waals surface area contributed by atoms with Gasteiger partial charge in [0.2, 0.25) is 0 Å². The number of carbonyl (C=O) groups excluding carboxylic acids is 1. The van der Waals surface area contributed by atoms with Gasteiger partial charge in [-0.1, -0.05) is 15.9 Å². The molecule has 0 aliphatic heterocycles.